The largest absolute Gasteiger partial charge is 0.493 e. The Hall–Kier alpha value is -0.970. The lowest BCUT2D eigenvalue weighted by Crippen LogP contribution is -2.11. The van der Waals surface area contributed by atoms with Gasteiger partial charge in [-0.05, 0) is 55.9 Å². The SMILES string of the molecule is CNC(C)c1ccc(SCCOc2ccc(Br)cc2)cc1. The van der Waals surface area contributed by atoms with E-state index in [9.17, 15) is 0 Å². The summed E-state index contributed by atoms with van der Waals surface area (Å²) in [6, 6.07) is 17.0. The first-order chi connectivity index (χ1) is 10.2. The second-order valence-electron chi connectivity index (χ2n) is 4.73. The minimum atomic E-state index is 0.393. The van der Waals surface area contributed by atoms with Crippen LogP contribution in [0.3, 0.4) is 0 Å². The van der Waals surface area contributed by atoms with Gasteiger partial charge in [0, 0.05) is 21.2 Å². The molecule has 0 radical (unpaired) electrons. The summed E-state index contributed by atoms with van der Waals surface area (Å²) < 4.78 is 6.78. The van der Waals surface area contributed by atoms with E-state index in [-0.39, 0.29) is 0 Å². The van der Waals surface area contributed by atoms with Gasteiger partial charge < -0.3 is 10.1 Å². The molecule has 4 heteroatoms. The number of thioether (sulfide) groups is 1. The van der Waals surface area contributed by atoms with Gasteiger partial charge in [-0.15, -0.1) is 11.8 Å². The summed E-state index contributed by atoms with van der Waals surface area (Å²) in [5.74, 6) is 1.86. The highest BCUT2D eigenvalue weighted by Gasteiger charge is 2.02. The highest BCUT2D eigenvalue weighted by atomic mass is 79.9. The molecule has 21 heavy (non-hydrogen) atoms. The molecule has 0 bridgehead atoms. The zero-order chi connectivity index (χ0) is 15.1. The van der Waals surface area contributed by atoms with E-state index >= 15 is 0 Å². The molecule has 0 amide bonds. The molecule has 0 aliphatic carbocycles. The van der Waals surface area contributed by atoms with Crippen molar-refractivity contribution < 1.29 is 4.74 Å². The van der Waals surface area contributed by atoms with Crippen LogP contribution in [0.4, 0.5) is 0 Å². The summed E-state index contributed by atoms with van der Waals surface area (Å²) in [5.41, 5.74) is 1.31. The first kappa shape index (κ1) is 16.4. The maximum atomic E-state index is 5.71. The molecule has 0 saturated heterocycles. The quantitative estimate of drug-likeness (QED) is 0.556. The molecule has 0 aliphatic rings. The molecule has 0 aliphatic heterocycles. The maximum Gasteiger partial charge on any atom is 0.119 e. The van der Waals surface area contributed by atoms with Gasteiger partial charge in [0.1, 0.15) is 5.75 Å². The number of rotatable bonds is 7. The molecule has 0 spiro atoms. The zero-order valence-corrected chi connectivity index (χ0v) is 14.7. The Balaban J connectivity index is 1.74. The minimum Gasteiger partial charge on any atom is -0.493 e. The van der Waals surface area contributed by atoms with Crippen LogP contribution in [-0.4, -0.2) is 19.4 Å². The van der Waals surface area contributed by atoms with Gasteiger partial charge in [-0.25, -0.2) is 0 Å². The van der Waals surface area contributed by atoms with Gasteiger partial charge in [-0.2, -0.15) is 0 Å². The Morgan fingerprint density at radius 2 is 1.76 bits per heavy atom. The zero-order valence-electron chi connectivity index (χ0n) is 12.3. The Morgan fingerprint density at radius 1 is 1.10 bits per heavy atom. The average molecular weight is 366 g/mol. The Bertz CT molecular complexity index is 542. The Morgan fingerprint density at radius 3 is 2.38 bits per heavy atom. The van der Waals surface area contributed by atoms with E-state index in [0.717, 1.165) is 16.0 Å². The van der Waals surface area contributed by atoms with E-state index in [4.69, 9.17) is 4.74 Å². The molecule has 2 aromatic rings. The number of ether oxygens (including phenoxy) is 1. The van der Waals surface area contributed by atoms with Crippen molar-refractivity contribution in [1.82, 2.24) is 5.32 Å². The van der Waals surface area contributed by atoms with Crippen LogP contribution in [0, 0.1) is 0 Å². The van der Waals surface area contributed by atoms with Crippen LogP contribution in [0.2, 0.25) is 0 Å². The number of hydrogen-bond acceptors (Lipinski definition) is 3. The van der Waals surface area contributed by atoms with Crippen LogP contribution in [0.1, 0.15) is 18.5 Å². The van der Waals surface area contributed by atoms with Gasteiger partial charge in [0.2, 0.25) is 0 Å². The first-order valence-electron chi connectivity index (χ1n) is 6.97. The fourth-order valence-electron chi connectivity index (χ4n) is 1.87. The molecule has 1 atom stereocenters. The molecular weight excluding hydrogens is 346 g/mol. The Kier molecular flexibility index (Phi) is 6.61. The monoisotopic (exact) mass is 365 g/mol. The summed E-state index contributed by atoms with van der Waals surface area (Å²) >= 11 is 5.23. The number of halogens is 1. The predicted octanol–water partition coefficient (Wildman–Crippen LogP) is 4.90. The molecule has 0 saturated carbocycles. The van der Waals surface area contributed by atoms with Gasteiger partial charge in [-0.3, -0.25) is 0 Å². The van der Waals surface area contributed by atoms with E-state index < -0.39 is 0 Å². The van der Waals surface area contributed by atoms with Crippen molar-refractivity contribution in [3.8, 4) is 5.75 Å². The lowest BCUT2D eigenvalue weighted by atomic mass is 10.1. The van der Waals surface area contributed by atoms with Crippen LogP contribution in [-0.2, 0) is 0 Å². The van der Waals surface area contributed by atoms with Gasteiger partial charge in [-0.1, -0.05) is 28.1 Å². The van der Waals surface area contributed by atoms with Crippen molar-refractivity contribution in [2.24, 2.45) is 0 Å². The molecule has 0 fully saturated rings. The normalized spacial score (nSPS) is 12.1. The average Bonchev–Trinajstić information content (AvgIpc) is 2.53. The second-order valence-corrected chi connectivity index (χ2v) is 6.81. The van der Waals surface area contributed by atoms with Gasteiger partial charge in [0.05, 0.1) is 6.61 Å². The van der Waals surface area contributed by atoms with Crippen molar-refractivity contribution in [2.75, 3.05) is 19.4 Å². The van der Waals surface area contributed by atoms with Crippen molar-refractivity contribution in [3.05, 3.63) is 58.6 Å². The van der Waals surface area contributed by atoms with E-state index in [1.165, 1.54) is 10.5 Å². The van der Waals surface area contributed by atoms with Crippen LogP contribution < -0.4 is 10.1 Å². The third kappa shape index (κ3) is 5.38. The van der Waals surface area contributed by atoms with E-state index in [1.807, 2.05) is 43.1 Å². The molecule has 1 N–H and O–H groups in total. The third-order valence-electron chi connectivity index (χ3n) is 3.25. The van der Waals surface area contributed by atoms with Gasteiger partial charge in [0.15, 0.2) is 0 Å². The first-order valence-corrected chi connectivity index (χ1v) is 8.75. The Labute approximate surface area is 139 Å². The van der Waals surface area contributed by atoms with Crippen LogP contribution >= 0.6 is 27.7 Å². The second kappa shape index (κ2) is 8.47. The topological polar surface area (TPSA) is 21.3 Å². The lowest BCUT2D eigenvalue weighted by Gasteiger charge is -2.11. The summed E-state index contributed by atoms with van der Waals surface area (Å²) in [7, 11) is 1.98. The minimum absolute atomic E-state index is 0.393. The third-order valence-corrected chi connectivity index (χ3v) is 4.75. The molecule has 2 rings (SSSR count). The van der Waals surface area contributed by atoms with E-state index in [2.05, 4.69) is 52.4 Å². The van der Waals surface area contributed by atoms with Gasteiger partial charge >= 0.3 is 0 Å². The fourth-order valence-corrected chi connectivity index (χ4v) is 2.86. The van der Waals surface area contributed by atoms with Crippen molar-refractivity contribution in [1.29, 1.82) is 0 Å². The van der Waals surface area contributed by atoms with E-state index in [0.29, 0.717) is 12.6 Å². The number of nitrogens with one attached hydrogen (secondary N) is 1. The highest BCUT2D eigenvalue weighted by Crippen LogP contribution is 2.21. The molecule has 2 aromatic carbocycles. The van der Waals surface area contributed by atoms with Crippen LogP contribution in [0.15, 0.2) is 57.9 Å². The maximum absolute atomic E-state index is 5.71. The summed E-state index contributed by atoms with van der Waals surface area (Å²) in [4.78, 5) is 1.28. The number of hydrogen-bond donors (Lipinski definition) is 1. The van der Waals surface area contributed by atoms with Crippen LogP contribution in [0.25, 0.3) is 0 Å². The molecule has 2 nitrogen and oxygen atoms in total. The van der Waals surface area contributed by atoms with Crippen LogP contribution in [0.5, 0.6) is 5.75 Å². The van der Waals surface area contributed by atoms with Crippen molar-refractivity contribution in [3.63, 3.8) is 0 Å². The lowest BCUT2D eigenvalue weighted by molar-refractivity contribution is 0.344. The van der Waals surface area contributed by atoms with Crippen molar-refractivity contribution >= 4 is 27.7 Å². The fraction of sp³-hybridized carbons (Fsp3) is 0.294. The molecule has 0 aromatic heterocycles. The molecule has 112 valence electrons. The molecule has 0 heterocycles. The number of benzene rings is 2. The predicted molar refractivity (Wildman–Crippen MR) is 94.3 cm³/mol. The smallest absolute Gasteiger partial charge is 0.119 e. The highest BCUT2D eigenvalue weighted by molar-refractivity contribution is 9.10. The van der Waals surface area contributed by atoms with Crippen molar-refractivity contribution in [2.45, 2.75) is 17.9 Å². The standard InChI is InChI=1S/C17H20BrNOS/c1-13(19-2)14-3-9-17(10-4-14)21-12-11-20-16-7-5-15(18)6-8-16/h3-10,13,19H,11-12H2,1-2H3. The van der Waals surface area contributed by atoms with E-state index in [1.54, 1.807) is 0 Å². The summed E-state index contributed by atoms with van der Waals surface area (Å²) in [5, 5.41) is 3.24. The molecular formula is C17H20BrNOS. The molecule has 1 unspecified atom stereocenters. The summed E-state index contributed by atoms with van der Waals surface area (Å²) in [6.45, 7) is 2.87. The van der Waals surface area contributed by atoms with Gasteiger partial charge in [0.25, 0.3) is 0 Å². The summed E-state index contributed by atoms with van der Waals surface area (Å²) in [6.07, 6.45) is 0.